The molecule has 0 aliphatic carbocycles. The standard InChI is InChI=1S/C20H24N2O4/c1-5-22(16-8-6-7-14(2)11-16)19(23)13-21-20(24)15-9-10-17(25-3)18(12-15)26-4/h6-12H,5,13H2,1-4H3,(H,21,24). The van der Waals surface area contributed by atoms with E-state index >= 15 is 0 Å². The number of rotatable bonds is 7. The molecule has 0 aromatic heterocycles. The zero-order valence-electron chi connectivity index (χ0n) is 15.5. The summed E-state index contributed by atoms with van der Waals surface area (Å²) in [5.74, 6) is 0.477. The minimum Gasteiger partial charge on any atom is -0.493 e. The number of likely N-dealkylation sites (N-methyl/N-ethyl adjacent to an activating group) is 1. The first-order valence-corrected chi connectivity index (χ1v) is 8.37. The number of hydrogen-bond donors (Lipinski definition) is 1. The smallest absolute Gasteiger partial charge is 0.251 e. The summed E-state index contributed by atoms with van der Waals surface area (Å²) in [6.45, 7) is 4.31. The summed E-state index contributed by atoms with van der Waals surface area (Å²) >= 11 is 0. The number of anilines is 1. The highest BCUT2D eigenvalue weighted by Crippen LogP contribution is 2.27. The largest absolute Gasteiger partial charge is 0.493 e. The number of aryl methyl sites for hydroxylation is 1. The molecule has 0 aliphatic rings. The molecule has 2 amide bonds. The van der Waals surface area contributed by atoms with Crippen LogP contribution in [0.2, 0.25) is 0 Å². The number of benzene rings is 2. The van der Waals surface area contributed by atoms with E-state index in [2.05, 4.69) is 5.32 Å². The maximum atomic E-state index is 12.5. The van der Waals surface area contributed by atoms with Gasteiger partial charge in [-0.2, -0.15) is 0 Å². The molecule has 0 saturated heterocycles. The molecule has 2 aromatic rings. The Hall–Kier alpha value is -3.02. The van der Waals surface area contributed by atoms with Crippen LogP contribution in [0.4, 0.5) is 5.69 Å². The second-order valence-corrected chi connectivity index (χ2v) is 5.73. The minimum absolute atomic E-state index is 0.0883. The fourth-order valence-electron chi connectivity index (χ4n) is 2.63. The number of nitrogens with zero attached hydrogens (tertiary/aromatic N) is 1. The highest BCUT2D eigenvalue weighted by molar-refractivity contribution is 6.00. The molecule has 0 atom stereocenters. The first kappa shape index (κ1) is 19.3. The number of hydrogen-bond acceptors (Lipinski definition) is 4. The Labute approximate surface area is 153 Å². The molecule has 6 heteroatoms. The van der Waals surface area contributed by atoms with Gasteiger partial charge in [-0.3, -0.25) is 9.59 Å². The molecule has 0 heterocycles. The van der Waals surface area contributed by atoms with Gasteiger partial charge in [-0.25, -0.2) is 0 Å². The molecule has 2 rings (SSSR count). The van der Waals surface area contributed by atoms with E-state index in [-0.39, 0.29) is 18.4 Å². The Kier molecular flexibility index (Phi) is 6.60. The van der Waals surface area contributed by atoms with E-state index in [4.69, 9.17) is 9.47 Å². The van der Waals surface area contributed by atoms with Crippen molar-refractivity contribution >= 4 is 17.5 Å². The quantitative estimate of drug-likeness (QED) is 0.828. The van der Waals surface area contributed by atoms with Crippen LogP contribution in [0.15, 0.2) is 42.5 Å². The predicted octanol–water partition coefficient (Wildman–Crippen LogP) is 2.80. The van der Waals surface area contributed by atoms with E-state index in [9.17, 15) is 9.59 Å². The van der Waals surface area contributed by atoms with E-state index in [0.29, 0.717) is 23.6 Å². The van der Waals surface area contributed by atoms with Gasteiger partial charge in [-0.15, -0.1) is 0 Å². The van der Waals surface area contributed by atoms with Crippen LogP contribution in [0.1, 0.15) is 22.8 Å². The van der Waals surface area contributed by atoms with Crippen LogP contribution >= 0.6 is 0 Å². The van der Waals surface area contributed by atoms with Crippen molar-refractivity contribution in [2.45, 2.75) is 13.8 Å². The fourth-order valence-corrected chi connectivity index (χ4v) is 2.63. The molecule has 0 saturated carbocycles. The molecule has 0 spiro atoms. The van der Waals surface area contributed by atoms with Gasteiger partial charge in [0, 0.05) is 17.8 Å². The van der Waals surface area contributed by atoms with E-state index in [1.807, 2.05) is 38.1 Å². The fraction of sp³-hybridized carbons (Fsp3) is 0.300. The van der Waals surface area contributed by atoms with Gasteiger partial charge in [-0.05, 0) is 49.7 Å². The maximum absolute atomic E-state index is 12.5. The molecule has 0 unspecified atom stereocenters. The van der Waals surface area contributed by atoms with Gasteiger partial charge in [-0.1, -0.05) is 12.1 Å². The monoisotopic (exact) mass is 356 g/mol. The van der Waals surface area contributed by atoms with Gasteiger partial charge in [0.15, 0.2) is 11.5 Å². The second kappa shape index (κ2) is 8.89. The summed E-state index contributed by atoms with van der Waals surface area (Å²) in [5, 5.41) is 2.66. The zero-order chi connectivity index (χ0) is 19.1. The molecular weight excluding hydrogens is 332 g/mol. The van der Waals surface area contributed by atoms with E-state index in [1.54, 1.807) is 23.1 Å². The molecule has 0 fully saturated rings. The summed E-state index contributed by atoms with van der Waals surface area (Å²) in [6.07, 6.45) is 0. The summed E-state index contributed by atoms with van der Waals surface area (Å²) in [7, 11) is 3.03. The Bertz CT molecular complexity index is 789. The van der Waals surface area contributed by atoms with Crippen molar-refractivity contribution in [1.29, 1.82) is 0 Å². The van der Waals surface area contributed by atoms with Gasteiger partial charge < -0.3 is 19.7 Å². The van der Waals surface area contributed by atoms with Crippen LogP contribution in [0, 0.1) is 6.92 Å². The third-order valence-electron chi connectivity index (χ3n) is 3.98. The van der Waals surface area contributed by atoms with Crippen molar-refractivity contribution in [2.24, 2.45) is 0 Å². The van der Waals surface area contributed by atoms with Crippen LogP contribution in [-0.4, -0.2) is 39.1 Å². The maximum Gasteiger partial charge on any atom is 0.251 e. The molecule has 1 N–H and O–H groups in total. The first-order valence-electron chi connectivity index (χ1n) is 8.37. The lowest BCUT2D eigenvalue weighted by Crippen LogP contribution is -2.40. The Morgan fingerprint density at radius 2 is 1.77 bits per heavy atom. The highest BCUT2D eigenvalue weighted by atomic mass is 16.5. The molecule has 0 aliphatic heterocycles. The number of methoxy groups -OCH3 is 2. The number of nitrogens with one attached hydrogen (secondary N) is 1. The number of ether oxygens (including phenoxy) is 2. The molecular formula is C20H24N2O4. The molecule has 0 bridgehead atoms. The van der Waals surface area contributed by atoms with Crippen molar-refractivity contribution < 1.29 is 19.1 Å². The van der Waals surface area contributed by atoms with Crippen molar-refractivity contribution in [1.82, 2.24) is 5.32 Å². The van der Waals surface area contributed by atoms with Crippen molar-refractivity contribution in [3.63, 3.8) is 0 Å². The molecule has 138 valence electrons. The van der Waals surface area contributed by atoms with E-state index < -0.39 is 0 Å². The second-order valence-electron chi connectivity index (χ2n) is 5.73. The van der Waals surface area contributed by atoms with Gasteiger partial charge >= 0.3 is 0 Å². The van der Waals surface area contributed by atoms with Crippen molar-refractivity contribution in [2.75, 3.05) is 32.2 Å². The van der Waals surface area contributed by atoms with Gasteiger partial charge in [0.25, 0.3) is 5.91 Å². The Morgan fingerprint density at radius 1 is 1.04 bits per heavy atom. The van der Waals surface area contributed by atoms with Crippen LogP contribution < -0.4 is 19.7 Å². The molecule has 2 aromatic carbocycles. The lowest BCUT2D eigenvalue weighted by atomic mass is 10.2. The lowest BCUT2D eigenvalue weighted by Gasteiger charge is -2.21. The molecule has 0 radical (unpaired) electrons. The molecule has 6 nitrogen and oxygen atoms in total. The van der Waals surface area contributed by atoms with Crippen LogP contribution in [0.25, 0.3) is 0 Å². The normalized spacial score (nSPS) is 10.2. The summed E-state index contributed by atoms with van der Waals surface area (Å²) in [6, 6.07) is 12.6. The average Bonchev–Trinajstić information content (AvgIpc) is 2.66. The third-order valence-corrected chi connectivity index (χ3v) is 3.98. The topological polar surface area (TPSA) is 67.9 Å². The first-order chi connectivity index (χ1) is 12.5. The van der Waals surface area contributed by atoms with Gasteiger partial charge in [0.2, 0.25) is 5.91 Å². The van der Waals surface area contributed by atoms with Crippen LogP contribution in [0.3, 0.4) is 0 Å². The summed E-state index contributed by atoms with van der Waals surface area (Å²) < 4.78 is 10.4. The van der Waals surface area contributed by atoms with Gasteiger partial charge in [0.05, 0.1) is 20.8 Å². The number of amides is 2. The third kappa shape index (κ3) is 4.53. The lowest BCUT2D eigenvalue weighted by molar-refractivity contribution is -0.117. The van der Waals surface area contributed by atoms with E-state index in [0.717, 1.165) is 11.3 Å². The number of carbonyl (C=O) groups excluding carboxylic acids is 2. The Morgan fingerprint density at radius 3 is 2.38 bits per heavy atom. The summed E-state index contributed by atoms with van der Waals surface area (Å²) in [4.78, 5) is 26.5. The van der Waals surface area contributed by atoms with E-state index in [1.165, 1.54) is 14.2 Å². The minimum atomic E-state index is -0.348. The number of carbonyl (C=O) groups is 2. The molecule has 26 heavy (non-hydrogen) atoms. The predicted molar refractivity (Wildman–Crippen MR) is 101 cm³/mol. The summed E-state index contributed by atoms with van der Waals surface area (Å²) in [5.41, 5.74) is 2.29. The SMILES string of the molecule is CCN(C(=O)CNC(=O)c1ccc(OC)c(OC)c1)c1cccc(C)c1. The zero-order valence-corrected chi connectivity index (χ0v) is 15.5. The highest BCUT2D eigenvalue weighted by Gasteiger charge is 2.16. The van der Waals surface area contributed by atoms with Crippen molar-refractivity contribution in [3.8, 4) is 11.5 Å². The van der Waals surface area contributed by atoms with Gasteiger partial charge in [0.1, 0.15) is 0 Å². The Balaban J connectivity index is 2.05. The van der Waals surface area contributed by atoms with Crippen LogP contribution in [0.5, 0.6) is 11.5 Å². The van der Waals surface area contributed by atoms with Crippen LogP contribution in [-0.2, 0) is 4.79 Å². The van der Waals surface area contributed by atoms with Crippen molar-refractivity contribution in [3.05, 3.63) is 53.6 Å². The average molecular weight is 356 g/mol.